The highest BCUT2D eigenvalue weighted by Crippen LogP contribution is 2.42. The van der Waals surface area contributed by atoms with Crippen molar-refractivity contribution >= 4 is 21.4 Å². The summed E-state index contributed by atoms with van der Waals surface area (Å²) in [6, 6.07) is 15.1. The average Bonchev–Trinajstić information content (AvgIpc) is 2.81. The van der Waals surface area contributed by atoms with E-state index in [0.29, 0.717) is 11.3 Å². The van der Waals surface area contributed by atoms with E-state index in [1.807, 2.05) is 19.1 Å². The minimum Gasteiger partial charge on any atom is -0.502 e. The third-order valence-electron chi connectivity index (χ3n) is 3.99. The number of hydrogen-bond donors (Lipinski definition) is 1. The molecule has 24 heavy (non-hydrogen) atoms. The standard InChI is InChI=1S/C18H17NO4S/c1-12-8-10-13(11-9-12)15-17(24(2,22)23)16(20)18(21)19(15)14-6-4-3-5-7-14/h3-11,15,20H,1-2H3/t15-/m0/s1. The number of carbonyl (C=O) groups is 1. The second kappa shape index (κ2) is 5.79. The number of rotatable bonds is 3. The number of nitrogens with zero attached hydrogens (tertiary/aromatic N) is 1. The normalized spacial score (nSPS) is 18.3. The first-order valence-corrected chi connectivity index (χ1v) is 9.28. The Hall–Kier alpha value is -2.60. The zero-order chi connectivity index (χ0) is 17.5. The lowest BCUT2D eigenvalue weighted by Crippen LogP contribution is -2.30. The molecule has 0 saturated heterocycles. The van der Waals surface area contributed by atoms with Gasteiger partial charge in [0.25, 0.3) is 5.91 Å². The lowest BCUT2D eigenvalue weighted by atomic mass is 10.0. The molecular weight excluding hydrogens is 326 g/mol. The molecule has 1 heterocycles. The van der Waals surface area contributed by atoms with Crippen LogP contribution in [0, 0.1) is 6.92 Å². The summed E-state index contributed by atoms with van der Waals surface area (Å²) in [6.07, 6.45) is 1.00. The molecule has 0 fully saturated rings. The van der Waals surface area contributed by atoms with Crippen LogP contribution in [0.15, 0.2) is 65.3 Å². The van der Waals surface area contributed by atoms with Crippen molar-refractivity contribution in [1.82, 2.24) is 0 Å². The van der Waals surface area contributed by atoms with Crippen molar-refractivity contribution in [2.24, 2.45) is 0 Å². The van der Waals surface area contributed by atoms with Gasteiger partial charge in [0, 0.05) is 11.9 Å². The molecule has 1 aliphatic rings. The first-order chi connectivity index (χ1) is 11.3. The average molecular weight is 343 g/mol. The molecule has 0 aromatic heterocycles. The number of benzene rings is 2. The van der Waals surface area contributed by atoms with Gasteiger partial charge >= 0.3 is 0 Å². The number of aliphatic hydroxyl groups is 1. The SMILES string of the molecule is Cc1ccc([C@H]2C(S(C)(=O)=O)=C(O)C(=O)N2c2ccccc2)cc1. The van der Waals surface area contributed by atoms with Crippen LogP contribution in [0.25, 0.3) is 0 Å². The maximum absolute atomic E-state index is 12.6. The molecule has 0 aliphatic carbocycles. The number of anilines is 1. The minimum atomic E-state index is -3.77. The van der Waals surface area contributed by atoms with Gasteiger partial charge in [0.2, 0.25) is 0 Å². The van der Waals surface area contributed by atoms with Gasteiger partial charge in [-0.3, -0.25) is 9.69 Å². The van der Waals surface area contributed by atoms with E-state index in [1.165, 1.54) is 4.90 Å². The highest BCUT2D eigenvalue weighted by molar-refractivity contribution is 7.94. The Bertz CT molecular complexity index is 915. The molecule has 0 bridgehead atoms. The molecule has 0 saturated carbocycles. The van der Waals surface area contributed by atoms with E-state index in [1.54, 1.807) is 42.5 Å². The number of hydrogen-bond acceptors (Lipinski definition) is 4. The molecule has 2 aromatic carbocycles. The summed E-state index contributed by atoms with van der Waals surface area (Å²) in [5.74, 6) is -1.43. The van der Waals surface area contributed by atoms with E-state index in [0.717, 1.165) is 11.8 Å². The van der Waals surface area contributed by atoms with E-state index in [-0.39, 0.29) is 4.91 Å². The largest absolute Gasteiger partial charge is 0.502 e. The van der Waals surface area contributed by atoms with Crippen molar-refractivity contribution in [3.63, 3.8) is 0 Å². The summed E-state index contributed by atoms with van der Waals surface area (Å²) >= 11 is 0. The van der Waals surface area contributed by atoms with E-state index in [4.69, 9.17) is 0 Å². The maximum Gasteiger partial charge on any atom is 0.295 e. The molecule has 0 unspecified atom stereocenters. The number of aryl methyl sites for hydroxylation is 1. The molecule has 1 N–H and O–H groups in total. The van der Waals surface area contributed by atoms with Crippen molar-refractivity contribution < 1.29 is 18.3 Å². The molecular formula is C18H17NO4S. The molecule has 124 valence electrons. The van der Waals surface area contributed by atoms with E-state index in [9.17, 15) is 18.3 Å². The summed E-state index contributed by atoms with van der Waals surface area (Å²) in [6.45, 7) is 1.92. The smallest absolute Gasteiger partial charge is 0.295 e. The number of carbonyl (C=O) groups excluding carboxylic acids is 1. The fourth-order valence-electron chi connectivity index (χ4n) is 2.87. The lowest BCUT2D eigenvalue weighted by Gasteiger charge is -2.26. The van der Waals surface area contributed by atoms with E-state index >= 15 is 0 Å². The van der Waals surface area contributed by atoms with Gasteiger partial charge in [-0.1, -0.05) is 48.0 Å². The second-order valence-corrected chi connectivity index (χ2v) is 7.79. The van der Waals surface area contributed by atoms with Gasteiger partial charge in [0.15, 0.2) is 15.6 Å². The zero-order valence-corrected chi connectivity index (χ0v) is 14.1. The third-order valence-corrected chi connectivity index (χ3v) is 5.20. The van der Waals surface area contributed by atoms with Gasteiger partial charge in [-0.25, -0.2) is 8.42 Å². The van der Waals surface area contributed by atoms with Crippen LogP contribution in [0.4, 0.5) is 5.69 Å². The molecule has 1 atom stereocenters. The van der Waals surface area contributed by atoms with E-state index in [2.05, 4.69) is 0 Å². The number of para-hydroxylation sites is 1. The zero-order valence-electron chi connectivity index (χ0n) is 13.3. The van der Waals surface area contributed by atoms with Crippen LogP contribution in [-0.4, -0.2) is 25.7 Å². The first-order valence-electron chi connectivity index (χ1n) is 7.39. The van der Waals surface area contributed by atoms with Crippen molar-refractivity contribution in [3.8, 4) is 0 Å². The topological polar surface area (TPSA) is 74.7 Å². The summed E-state index contributed by atoms with van der Waals surface area (Å²) in [7, 11) is -3.77. The second-order valence-electron chi connectivity index (χ2n) is 5.81. The van der Waals surface area contributed by atoms with Crippen molar-refractivity contribution in [2.45, 2.75) is 13.0 Å². The molecule has 1 amide bonds. The summed E-state index contributed by atoms with van der Waals surface area (Å²) in [4.78, 5) is 13.6. The Morgan fingerprint density at radius 3 is 2.12 bits per heavy atom. The highest BCUT2D eigenvalue weighted by Gasteiger charge is 2.45. The van der Waals surface area contributed by atoms with Crippen LogP contribution in [0.5, 0.6) is 0 Å². The van der Waals surface area contributed by atoms with Gasteiger partial charge in [0.05, 0.1) is 0 Å². The van der Waals surface area contributed by atoms with Gasteiger partial charge in [-0.05, 0) is 24.6 Å². The quantitative estimate of drug-likeness (QED) is 0.930. The predicted octanol–water partition coefficient (Wildman–Crippen LogP) is 2.90. The van der Waals surface area contributed by atoms with Crippen LogP contribution in [0.2, 0.25) is 0 Å². The number of aliphatic hydroxyl groups excluding tert-OH is 1. The summed E-state index contributed by atoms with van der Waals surface area (Å²) in [5.41, 5.74) is 2.17. The summed E-state index contributed by atoms with van der Waals surface area (Å²) < 4.78 is 24.4. The monoisotopic (exact) mass is 343 g/mol. The Kier molecular flexibility index (Phi) is 3.93. The highest BCUT2D eigenvalue weighted by atomic mass is 32.2. The minimum absolute atomic E-state index is 0.264. The van der Waals surface area contributed by atoms with Crippen LogP contribution >= 0.6 is 0 Å². The molecule has 0 radical (unpaired) electrons. The Labute approximate surface area is 140 Å². The lowest BCUT2D eigenvalue weighted by molar-refractivity contribution is -0.117. The van der Waals surface area contributed by atoms with Crippen molar-refractivity contribution in [1.29, 1.82) is 0 Å². The molecule has 1 aliphatic heterocycles. The molecule has 2 aromatic rings. The van der Waals surface area contributed by atoms with Gasteiger partial charge in [-0.2, -0.15) is 0 Å². The van der Waals surface area contributed by atoms with Gasteiger partial charge < -0.3 is 5.11 Å². The van der Waals surface area contributed by atoms with Crippen LogP contribution < -0.4 is 4.90 Å². The number of sulfone groups is 1. The Morgan fingerprint density at radius 2 is 1.58 bits per heavy atom. The van der Waals surface area contributed by atoms with Crippen molar-refractivity contribution in [3.05, 3.63) is 76.4 Å². The van der Waals surface area contributed by atoms with Crippen LogP contribution in [-0.2, 0) is 14.6 Å². The maximum atomic E-state index is 12.6. The Balaban J connectivity index is 2.23. The fourth-order valence-corrected chi connectivity index (χ4v) is 3.95. The first kappa shape index (κ1) is 16.3. The molecule has 0 spiro atoms. The van der Waals surface area contributed by atoms with Crippen LogP contribution in [0.3, 0.4) is 0 Å². The molecule has 3 rings (SSSR count). The van der Waals surface area contributed by atoms with E-state index < -0.39 is 27.5 Å². The molecule has 5 nitrogen and oxygen atoms in total. The summed E-state index contributed by atoms with van der Waals surface area (Å²) in [5, 5.41) is 10.2. The van der Waals surface area contributed by atoms with Crippen molar-refractivity contribution in [2.75, 3.05) is 11.2 Å². The molecule has 6 heteroatoms. The van der Waals surface area contributed by atoms with Gasteiger partial charge in [-0.15, -0.1) is 0 Å². The van der Waals surface area contributed by atoms with Crippen LogP contribution in [0.1, 0.15) is 17.2 Å². The predicted molar refractivity (Wildman–Crippen MR) is 92.3 cm³/mol. The van der Waals surface area contributed by atoms with Gasteiger partial charge in [0.1, 0.15) is 10.9 Å². The fraction of sp³-hybridized carbons (Fsp3) is 0.167. The Morgan fingerprint density at radius 1 is 1.00 bits per heavy atom. The third kappa shape index (κ3) is 2.69. The number of amides is 1.